The molecule has 0 amide bonds. The second kappa shape index (κ2) is 10.4. The van der Waals surface area contributed by atoms with E-state index in [9.17, 15) is 36.1 Å². The zero-order valence-electron chi connectivity index (χ0n) is 18.1. The Balaban J connectivity index is 2.25. The summed E-state index contributed by atoms with van der Waals surface area (Å²) in [6.07, 6.45) is -5.48. The number of nitro groups is 1. The van der Waals surface area contributed by atoms with Gasteiger partial charge < -0.3 is 9.64 Å². The van der Waals surface area contributed by atoms with Crippen LogP contribution in [0.5, 0.6) is 0 Å². The van der Waals surface area contributed by atoms with Gasteiger partial charge in [0.1, 0.15) is 21.7 Å². The Morgan fingerprint density at radius 2 is 2.06 bits per heavy atom. The van der Waals surface area contributed by atoms with Crippen LogP contribution in [0.25, 0.3) is 0 Å². The predicted octanol–water partition coefficient (Wildman–Crippen LogP) is 3.23. The first kappa shape index (κ1) is 26.7. The molecule has 1 aliphatic rings. The van der Waals surface area contributed by atoms with Gasteiger partial charge in [0.15, 0.2) is 21.1 Å². The van der Waals surface area contributed by atoms with Gasteiger partial charge in [-0.15, -0.1) is 0 Å². The lowest BCUT2D eigenvalue weighted by Gasteiger charge is -2.34. The van der Waals surface area contributed by atoms with E-state index in [4.69, 9.17) is 4.74 Å². The van der Waals surface area contributed by atoms with Crippen LogP contribution in [-0.2, 0) is 14.6 Å². The van der Waals surface area contributed by atoms with Gasteiger partial charge in [0, 0.05) is 6.54 Å². The molecule has 2 atom stereocenters. The lowest BCUT2D eigenvalue weighted by Crippen LogP contribution is -2.49. The van der Waals surface area contributed by atoms with Gasteiger partial charge in [0.25, 0.3) is 0 Å². The first-order valence-electron chi connectivity index (χ1n) is 9.86. The maximum Gasteiger partial charge on any atom is 0.416 e. The lowest BCUT2D eigenvalue weighted by molar-refractivity contribution is -0.385. The number of anilines is 1. The average molecular weight is 538 g/mol. The number of nitrogens with zero attached hydrogens (tertiary/aromatic N) is 5. The van der Waals surface area contributed by atoms with Crippen LogP contribution < -0.4 is 4.90 Å². The minimum absolute atomic E-state index is 0.131. The Hall–Kier alpha value is -2.85. The van der Waals surface area contributed by atoms with E-state index < -0.39 is 79.9 Å². The third kappa shape index (κ3) is 5.54. The predicted molar refractivity (Wildman–Crippen MR) is 119 cm³/mol. The van der Waals surface area contributed by atoms with Gasteiger partial charge in [-0.2, -0.15) is 18.2 Å². The highest BCUT2D eigenvalue weighted by atomic mass is 32.2. The van der Waals surface area contributed by atoms with Crippen molar-refractivity contribution < 1.29 is 35.6 Å². The number of hydrogen-bond acceptors (Lipinski definition) is 10. The van der Waals surface area contributed by atoms with Gasteiger partial charge in [-0.1, -0.05) is 23.9 Å². The van der Waals surface area contributed by atoms with Crippen LogP contribution in [0.1, 0.15) is 10.9 Å². The molecule has 3 rings (SSSR count). The van der Waals surface area contributed by atoms with Crippen LogP contribution >= 0.6 is 11.8 Å². The lowest BCUT2D eigenvalue weighted by atomic mass is 10.2. The maximum absolute atomic E-state index is 14.4. The number of alkyl halides is 3. The number of thioether (sulfide) groups is 1. The molecule has 0 spiro atoms. The molecule has 0 bridgehead atoms. The van der Waals surface area contributed by atoms with Crippen molar-refractivity contribution in [3.63, 3.8) is 0 Å². The number of aliphatic imine (C=N–C) groups is 1. The topological polar surface area (TPSA) is 128 Å². The Bertz CT molecular complexity index is 1230. The van der Waals surface area contributed by atoms with E-state index in [1.54, 1.807) is 0 Å². The molecular formula is C19H19F4N5O5S2. The van der Waals surface area contributed by atoms with Crippen LogP contribution in [0.4, 0.5) is 29.1 Å². The average Bonchev–Trinajstić information content (AvgIpc) is 2.81. The highest BCUT2D eigenvalue weighted by Gasteiger charge is 2.46. The second-order valence-electron chi connectivity index (χ2n) is 7.24. The number of aromatic nitrogens is 2. The SMILES string of the molecule is C=NCC(c1nc(SC)nc(N2CCOC(C(F)(F)F)C2)c1[N+](=O)[O-])S(=O)(=O)c1ccccc1F. The number of benzene rings is 1. The molecule has 2 heterocycles. The van der Waals surface area contributed by atoms with Crippen molar-refractivity contribution in [2.24, 2.45) is 4.99 Å². The van der Waals surface area contributed by atoms with Gasteiger partial charge >= 0.3 is 11.9 Å². The highest BCUT2D eigenvalue weighted by Crippen LogP contribution is 2.41. The summed E-state index contributed by atoms with van der Waals surface area (Å²) in [6, 6.07) is 4.43. The van der Waals surface area contributed by atoms with Crippen molar-refractivity contribution in [2.75, 3.05) is 37.4 Å². The molecule has 16 heteroatoms. The molecule has 2 aromatic rings. The van der Waals surface area contributed by atoms with Crippen LogP contribution in [0.15, 0.2) is 39.3 Å². The molecule has 2 unspecified atom stereocenters. The largest absolute Gasteiger partial charge is 0.416 e. The van der Waals surface area contributed by atoms with Crippen molar-refractivity contribution in [2.45, 2.75) is 27.6 Å². The fraction of sp³-hybridized carbons (Fsp3) is 0.421. The van der Waals surface area contributed by atoms with Crippen molar-refractivity contribution in [1.82, 2.24) is 9.97 Å². The molecule has 35 heavy (non-hydrogen) atoms. The van der Waals surface area contributed by atoms with Gasteiger partial charge in [0.2, 0.25) is 5.82 Å². The van der Waals surface area contributed by atoms with Crippen molar-refractivity contribution >= 4 is 39.8 Å². The molecule has 190 valence electrons. The molecule has 1 aliphatic heterocycles. The Morgan fingerprint density at radius 1 is 1.37 bits per heavy atom. The minimum atomic E-state index is -4.74. The van der Waals surface area contributed by atoms with Crippen LogP contribution in [0.2, 0.25) is 0 Å². The van der Waals surface area contributed by atoms with E-state index >= 15 is 0 Å². The van der Waals surface area contributed by atoms with Crippen molar-refractivity contribution in [3.05, 3.63) is 45.9 Å². The first-order valence-corrected chi connectivity index (χ1v) is 12.6. The number of sulfone groups is 1. The highest BCUT2D eigenvalue weighted by molar-refractivity contribution is 7.98. The summed E-state index contributed by atoms with van der Waals surface area (Å²) in [5.74, 6) is -1.59. The molecule has 1 aromatic heterocycles. The third-order valence-electron chi connectivity index (χ3n) is 5.09. The van der Waals surface area contributed by atoms with E-state index in [0.717, 1.165) is 28.8 Å². The molecule has 0 radical (unpaired) electrons. The number of halogens is 4. The monoisotopic (exact) mass is 537 g/mol. The molecule has 0 aliphatic carbocycles. The van der Waals surface area contributed by atoms with Crippen molar-refractivity contribution in [3.8, 4) is 0 Å². The van der Waals surface area contributed by atoms with E-state index in [0.29, 0.717) is 0 Å². The van der Waals surface area contributed by atoms with Crippen LogP contribution in [0.3, 0.4) is 0 Å². The number of ether oxygens (including phenoxy) is 1. The summed E-state index contributed by atoms with van der Waals surface area (Å²) in [5.41, 5.74) is -1.55. The summed E-state index contributed by atoms with van der Waals surface area (Å²) in [7, 11) is -4.65. The molecular weight excluding hydrogens is 518 g/mol. The fourth-order valence-electron chi connectivity index (χ4n) is 3.47. The normalized spacial score (nSPS) is 17.7. The molecule has 10 nitrogen and oxygen atoms in total. The number of rotatable bonds is 8. The summed E-state index contributed by atoms with van der Waals surface area (Å²) >= 11 is 0.893. The summed E-state index contributed by atoms with van der Waals surface area (Å²) in [4.78, 5) is 23.0. The van der Waals surface area contributed by atoms with E-state index in [1.165, 1.54) is 18.4 Å². The van der Waals surface area contributed by atoms with E-state index in [1.807, 2.05) is 0 Å². The Morgan fingerprint density at radius 3 is 2.63 bits per heavy atom. The molecule has 1 saturated heterocycles. The van der Waals surface area contributed by atoms with Gasteiger partial charge in [-0.3, -0.25) is 15.1 Å². The zero-order chi connectivity index (χ0) is 26.0. The number of morpholine rings is 1. The number of hydrogen-bond donors (Lipinski definition) is 0. The Labute approximate surface area is 201 Å². The fourth-order valence-corrected chi connectivity index (χ4v) is 5.51. The third-order valence-corrected chi connectivity index (χ3v) is 7.70. The Kier molecular flexibility index (Phi) is 7.96. The molecule has 0 saturated carbocycles. The van der Waals surface area contributed by atoms with E-state index in [2.05, 4.69) is 21.7 Å². The van der Waals surface area contributed by atoms with Crippen molar-refractivity contribution in [1.29, 1.82) is 0 Å². The quantitative estimate of drug-likeness (QED) is 0.124. The summed E-state index contributed by atoms with van der Waals surface area (Å²) < 4.78 is 85.7. The standard InChI is InChI=1S/C19H19F4N5O5S2/c1-24-9-13(35(31,32)12-6-4-3-5-11(12)20)15-16(28(29)30)17(26-18(25-15)34-2)27-7-8-33-14(10-27)19(21,22)23/h3-6,13-14H,1,7-10H2,2H3. The molecule has 1 fully saturated rings. The zero-order valence-corrected chi connectivity index (χ0v) is 19.7. The van der Waals surface area contributed by atoms with E-state index in [-0.39, 0.29) is 11.7 Å². The smallest absolute Gasteiger partial charge is 0.365 e. The minimum Gasteiger partial charge on any atom is -0.365 e. The van der Waals surface area contributed by atoms with Crippen LogP contribution in [0, 0.1) is 15.9 Å². The van der Waals surface area contributed by atoms with Crippen LogP contribution in [-0.4, -0.2) is 74.8 Å². The summed E-state index contributed by atoms with van der Waals surface area (Å²) in [5, 5.41) is 10.1. The molecule has 0 N–H and O–H groups in total. The van der Waals surface area contributed by atoms with Gasteiger partial charge in [0.05, 0.1) is 24.6 Å². The van der Waals surface area contributed by atoms with Gasteiger partial charge in [-0.05, 0) is 25.1 Å². The maximum atomic E-state index is 14.4. The summed E-state index contributed by atoms with van der Waals surface area (Å²) in [6.45, 7) is 1.23. The first-order chi connectivity index (χ1) is 16.4. The second-order valence-corrected chi connectivity index (χ2v) is 10.1. The van der Waals surface area contributed by atoms with Gasteiger partial charge in [-0.25, -0.2) is 17.8 Å². The molecule has 1 aromatic carbocycles.